The van der Waals surface area contributed by atoms with Crippen molar-refractivity contribution in [1.82, 2.24) is 10.6 Å². The molecule has 4 nitrogen and oxygen atoms in total. The van der Waals surface area contributed by atoms with E-state index < -0.39 is 11.8 Å². The summed E-state index contributed by atoms with van der Waals surface area (Å²) in [6.07, 6.45) is 0.756. The van der Waals surface area contributed by atoms with E-state index in [2.05, 4.69) is 10.6 Å². The summed E-state index contributed by atoms with van der Waals surface area (Å²) in [4.78, 5) is 24.1. The van der Waals surface area contributed by atoms with Crippen LogP contribution in [0.1, 0.15) is 25.6 Å². The second-order valence-electron chi connectivity index (χ2n) is 4.79. The molecular formula is C12H18N2O2S. The number of thiophene rings is 1. The van der Waals surface area contributed by atoms with Gasteiger partial charge in [0.05, 0.1) is 0 Å². The lowest BCUT2D eigenvalue weighted by atomic mass is 10.1. The molecule has 0 spiro atoms. The molecule has 0 radical (unpaired) electrons. The molecule has 0 unspecified atom stereocenters. The molecule has 5 heteroatoms. The summed E-state index contributed by atoms with van der Waals surface area (Å²) >= 11 is 1.64. The van der Waals surface area contributed by atoms with Crippen molar-refractivity contribution < 1.29 is 9.59 Å². The van der Waals surface area contributed by atoms with E-state index >= 15 is 0 Å². The van der Waals surface area contributed by atoms with Gasteiger partial charge in [0.15, 0.2) is 0 Å². The number of carbonyl (C=O) groups is 2. The van der Waals surface area contributed by atoms with Gasteiger partial charge in [0.2, 0.25) is 0 Å². The van der Waals surface area contributed by atoms with Crippen molar-refractivity contribution in [3.05, 3.63) is 22.4 Å². The second-order valence-corrected chi connectivity index (χ2v) is 5.82. The minimum atomic E-state index is -0.580. The molecule has 1 heterocycles. The van der Waals surface area contributed by atoms with Crippen LogP contribution in [0.3, 0.4) is 0 Å². The molecule has 94 valence electrons. The minimum Gasteiger partial charge on any atom is -0.347 e. The maximum absolute atomic E-state index is 11.4. The fraction of sp³-hybridized carbons (Fsp3) is 0.500. The lowest BCUT2D eigenvalue weighted by Gasteiger charge is -2.19. The number of hydrogen-bond donors (Lipinski definition) is 2. The van der Waals surface area contributed by atoms with E-state index in [0.29, 0.717) is 6.54 Å². The molecule has 0 aliphatic heterocycles. The third-order valence-corrected chi connectivity index (χ3v) is 2.87. The zero-order chi connectivity index (χ0) is 12.9. The van der Waals surface area contributed by atoms with Crippen molar-refractivity contribution in [2.24, 2.45) is 0 Å². The molecule has 1 aromatic rings. The molecule has 0 saturated heterocycles. The molecule has 2 N–H and O–H groups in total. The average molecular weight is 254 g/mol. The third-order valence-electron chi connectivity index (χ3n) is 1.93. The summed E-state index contributed by atoms with van der Waals surface area (Å²) in [6, 6.07) is 3.97. The predicted molar refractivity (Wildman–Crippen MR) is 68.9 cm³/mol. The number of nitrogens with one attached hydrogen (secondary N) is 2. The highest BCUT2D eigenvalue weighted by Crippen LogP contribution is 2.07. The highest BCUT2D eigenvalue weighted by Gasteiger charge is 2.19. The Balaban J connectivity index is 2.27. The Morgan fingerprint density at radius 2 is 2.00 bits per heavy atom. The van der Waals surface area contributed by atoms with Crippen molar-refractivity contribution in [2.75, 3.05) is 6.54 Å². The van der Waals surface area contributed by atoms with E-state index in [-0.39, 0.29) is 5.54 Å². The standard InChI is InChI=1S/C12H18N2O2S/c1-12(2,3)14-11(16)10(15)13-7-6-9-5-4-8-17-9/h4-5,8H,6-7H2,1-3H3,(H,13,15)(H,14,16). The van der Waals surface area contributed by atoms with Crippen LogP contribution in [-0.4, -0.2) is 23.9 Å². The molecular weight excluding hydrogens is 236 g/mol. The Kier molecular flexibility index (Phi) is 4.69. The Morgan fingerprint density at radius 1 is 1.29 bits per heavy atom. The van der Waals surface area contributed by atoms with Crippen molar-refractivity contribution in [2.45, 2.75) is 32.7 Å². The molecule has 0 aliphatic rings. The number of rotatable bonds is 3. The molecule has 0 aromatic carbocycles. The van der Waals surface area contributed by atoms with Crippen molar-refractivity contribution in [1.29, 1.82) is 0 Å². The van der Waals surface area contributed by atoms with E-state index in [4.69, 9.17) is 0 Å². The van der Waals surface area contributed by atoms with Gasteiger partial charge < -0.3 is 10.6 Å². The molecule has 2 amide bonds. The molecule has 17 heavy (non-hydrogen) atoms. The largest absolute Gasteiger partial charge is 0.347 e. The second kappa shape index (κ2) is 5.82. The summed E-state index contributed by atoms with van der Waals surface area (Å²) in [7, 11) is 0. The van der Waals surface area contributed by atoms with Gasteiger partial charge in [0.1, 0.15) is 0 Å². The van der Waals surface area contributed by atoms with Gasteiger partial charge in [-0.25, -0.2) is 0 Å². The van der Waals surface area contributed by atoms with E-state index in [1.54, 1.807) is 11.3 Å². The van der Waals surface area contributed by atoms with Gasteiger partial charge in [-0.3, -0.25) is 9.59 Å². The van der Waals surface area contributed by atoms with Crippen LogP contribution in [0.4, 0.5) is 0 Å². The Bertz CT molecular complexity index is 380. The molecule has 0 saturated carbocycles. The monoisotopic (exact) mass is 254 g/mol. The number of amides is 2. The molecule has 0 fully saturated rings. The lowest BCUT2D eigenvalue weighted by molar-refractivity contribution is -0.140. The van der Waals surface area contributed by atoms with E-state index in [1.807, 2.05) is 38.3 Å². The van der Waals surface area contributed by atoms with Gasteiger partial charge in [-0.2, -0.15) is 0 Å². The topological polar surface area (TPSA) is 58.2 Å². The molecule has 0 bridgehead atoms. The zero-order valence-corrected chi connectivity index (χ0v) is 11.2. The van der Waals surface area contributed by atoms with Crippen LogP contribution < -0.4 is 10.6 Å². The number of hydrogen-bond acceptors (Lipinski definition) is 3. The fourth-order valence-corrected chi connectivity index (χ4v) is 1.94. The van der Waals surface area contributed by atoms with Crippen molar-refractivity contribution >= 4 is 23.2 Å². The SMILES string of the molecule is CC(C)(C)NC(=O)C(=O)NCCc1cccs1. The van der Waals surface area contributed by atoms with Gasteiger partial charge in [-0.05, 0) is 38.6 Å². The van der Waals surface area contributed by atoms with E-state index in [0.717, 1.165) is 6.42 Å². The molecule has 1 rings (SSSR count). The van der Waals surface area contributed by atoms with Crippen LogP contribution in [0.5, 0.6) is 0 Å². The first-order valence-electron chi connectivity index (χ1n) is 5.51. The summed E-state index contributed by atoms with van der Waals surface area (Å²) < 4.78 is 0. The summed E-state index contributed by atoms with van der Waals surface area (Å²) in [5.74, 6) is -1.15. The Labute approximate surface area is 105 Å². The normalized spacial score (nSPS) is 11.0. The van der Waals surface area contributed by atoms with E-state index in [1.165, 1.54) is 4.88 Å². The quantitative estimate of drug-likeness (QED) is 0.799. The van der Waals surface area contributed by atoms with Crippen molar-refractivity contribution in [3.63, 3.8) is 0 Å². The summed E-state index contributed by atoms with van der Waals surface area (Å²) in [6.45, 7) is 5.99. The van der Waals surface area contributed by atoms with Gasteiger partial charge in [0.25, 0.3) is 0 Å². The Morgan fingerprint density at radius 3 is 2.53 bits per heavy atom. The maximum Gasteiger partial charge on any atom is 0.309 e. The number of carbonyl (C=O) groups excluding carboxylic acids is 2. The van der Waals surface area contributed by atoms with Crippen LogP contribution in [0, 0.1) is 0 Å². The molecule has 0 atom stereocenters. The summed E-state index contributed by atoms with van der Waals surface area (Å²) in [5, 5.41) is 7.20. The van der Waals surface area contributed by atoms with Crippen molar-refractivity contribution in [3.8, 4) is 0 Å². The first kappa shape index (κ1) is 13.7. The van der Waals surface area contributed by atoms with E-state index in [9.17, 15) is 9.59 Å². The lowest BCUT2D eigenvalue weighted by Crippen LogP contribution is -2.48. The van der Waals surface area contributed by atoms with Gasteiger partial charge >= 0.3 is 11.8 Å². The zero-order valence-electron chi connectivity index (χ0n) is 10.4. The van der Waals surface area contributed by atoms with Crippen LogP contribution in [0.15, 0.2) is 17.5 Å². The maximum atomic E-state index is 11.4. The first-order chi connectivity index (χ1) is 7.88. The molecule has 1 aromatic heterocycles. The molecule has 0 aliphatic carbocycles. The average Bonchev–Trinajstić information content (AvgIpc) is 2.67. The fourth-order valence-electron chi connectivity index (χ4n) is 1.23. The minimum absolute atomic E-state index is 0.387. The van der Waals surface area contributed by atoms with Gasteiger partial charge in [-0.15, -0.1) is 11.3 Å². The highest BCUT2D eigenvalue weighted by atomic mass is 32.1. The van der Waals surface area contributed by atoms with Crippen LogP contribution in [-0.2, 0) is 16.0 Å². The van der Waals surface area contributed by atoms with Crippen LogP contribution in [0.25, 0.3) is 0 Å². The van der Waals surface area contributed by atoms with Gasteiger partial charge in [0, 0.05) is 17.0 Å². The Hall–Kier alpha value is -1.36. The van der Waals surface area contributed by atoms with Gasteiger partial charge in [-0.1, -0.05) is 6.07 Å². The van der Waals surface area contributed by atoms with Crippen LogP contribution >= 0.6 is 11.3 Å². The highest BCUT2D eigenvalue weighted by molar-refractivity contribution is 7.09. The smallest absolute Gasteiger partial charge is 0.309 e. The predicted octanol–water partition coefficient (Wildman–Crippen LogP) is 1.32. The third kappa shape index (κ3) is 5.49. The van der Waals surface area contributed by atoms with Crippen LogP contribution in [0.2, 0.25) is 0 Å². The first-order valence-corrected chi connectivity index (χ1v) is 6.39. The summed E-state index contributed by atoms with van der Waals surface area (Å²) in [5.41, 5.74) is -0.387.